The third-order valence-electron chi connectivity index (χ3n) is 6.89. The summed E-state index contributed by atoms with van der Waals surface area (Å²) in [5.41, 5.74) is 2.72. The van der Waals surface area contributed by atoms with Gasteiger partial charge in [-0.05, 0) is 93.1 Å². The number of nitrogens with zero attached hydrogens (tertiary/aromatic N) is 1. The number of halogens is 2. The fourth-order valence-corrected chi connectivity index (χ4v) is 4.82. The maximum atomic E-state index is 13.9. The number of carbonyl (C=O) groups is 2. The molecule has 1 aromatic heterocycles. The Hall–Kier alpha value is -3.56. The number of aliphatic hydroxyl groups is 1. The second-order valence-electron chi connectivity index (χ2n) is 10.6. The van der Waals surface area contributed by atoms with Crippen LogP contribution in [0.3, 0.4) is 0 Å². The van der Waals surface area contributed by atoms with E-state index in [1.165, 1.54) is 12.1 Å². The quantitative estimate of drug-likeness (QED) is 0.247. The Kier molecular flexibility index (Phi) is 11.6. The summed E-state index contributed by atoms with van der Waals surface area (Å²) in [4.78, 5) is 28.4. The fourth-order valence-electron chi connectivity index (χ4n) is 4.82. The smallest absolute Gasteiger partial charge is 0.253 e. The summed E-state index contributed by atoms with van der Waals surface area (Å²) in [5, 5.41) is 17.0. The summed E-state index contributed by atoms with van der Waals surface area (Å²) in [6, 6.07) is 9.12. The van der Waals surface area contributed by atoms with Gasteiger partial charge in [-0.15, -0.1) is 0 Å². The van der Waals surface area contributed by atoms with Gasteiger partial charge in [-0.1, -0.05) is 13.8 Å². The van der Waals surface area contributed by atoms with Crippen LogP contribution in [0.1, 0.15) is 75.6 Å². The summed E-state index contributed by atoms with van der Waals surface area (Å²) in [6.07, 6.45) is 0.523. The Morgan fingerprint density at radius 1 is 0.927 bits per heavy atom. The minimum atomic E-state index is -1.10. The number of hydrogen-bond donors (Lipinski definition) is 3. The van der Waals surface area contributed by atoms with Crippen LogP contribution in [0.5, 0.6) is 0 Å². The molecule has 41 heavy (non-hydrogen) atoms. The first kappa shape index (κ1) is 32.0. The number of nitrogens with one attached hydrogen (secondary N) is 2. The monoisotopic (exact) mass is 569 g/mol. The lowest BCUT2D eigenvalue weighted by atomic mass is 9.99. The summed E-state index contributed by atoms with van der Waals surface area (Å²) in [5.74, 6) is -0.621. The molecule has 222 valence electrons. The van der Waals surface area contributed by atoms with Gasteiger partial charge in [0.1, 0.15) is 23.2 Å². The van der Waals surface area contributed by atoms with Crippen LogP contribution < -0.4 is 10.6 Å². The van der Waals surface area contributed by atoms with Crippen molar-refractivity contribution in [3.63, 3.8) is 0 Å². The lowest BCUT2D eigenvalue weighted by Gasteiger charge is -2.25. The molecule has 3 aromatic rings. The molecule has 2 amide bonds. The summed E-state index contributed by atoms with van der Waals surface area (Å²) >= 11 is 0. The second kappa shape index (κ2) is 14.9. The average molecular weight is 570 g/mol. The van der Waals surface area contributed by atoms with Crippen LogP contribution in [0.25, 0.3) is 0 Å². The van der Waals surface area contributed by atoms with E-state index in [1.807, 2.05) is 33.8 Å². The van der Waals surface area contributed by atoms with E-state index in [0.717, 1.165) is 35.8 Å². The second-order valence-corrected chi connectivity index (χ2v) is 10.6. The fraction of sp³-hybridized carbons (Fsp3) is 0.438. The first-order valence-electron chi connectivity index (χ1n) is 14.1. The largest absolute Gasteiger partial charge is 0.465 e. The molecule has 9 heteroatoms. The number of amides is 2. The molecule has 0 fully saturated rings. The maximum absolute atomic E-state index is 13.9. The molecule has 3 rings (SSSR count). The molecule has 2 aromatic carbocycles. The van der Waals surface area contributed by atoms with Gasteiger partial charge in [-0.2, -0.15) is 0 Å². The zero-order valence-corrected chi connectivity index (χ0v) is 24.5. The van der Waals surface area contributed by atoms with Crippen molar-refractivity contribution in [2.24, 2.45) is 0 Å². The summed E-state index contributed by atoms with van der Waals surface area (Å²) < 4.78 is 33.5. The van der Waals surface area contributed by atoms with Gasteiger partial charge in [0.25, 0.3) is 11.8 Å². The number of hydrogen-bond acceptors (Lipinski definition) is 5. The number of aryl methyl sites for hydroxylation is 3. The van der Waals surface area contributed by atoms with Crippen molar-refractivity contribution >= 4 is 11.8 Å². The summed E-state index contributed by atoms with van der Waals surface area (Å²) in [7, 11) is 0. The minimum Gasteiger partial charge on any atom is -0.465 e. The predicted molar refractivity (Wildman–Crippen MR) is 155 cm³/mol. The highest BCUT2D eigenvalue weighted by molar-refractivity contribution is 6.00. The van der Waals surface area contributed by atoms with Crippen molar-refractivity contribution in [1.82, 2.24) is 15.5 Å². The van der Waals surface area contributed by atoms with Crippen molar-refractivity contribution in [3.05, 3.63) is 93.4 Å². The minimum absolute atomic E-state index is 0.0133. The zero-order chi connectivity index (χ0) is 30.1. The van der Waals surface area contributed by atoms with Crippen LogP contribution in [-0.2, 0) is 13.0 Å². The first-order valence-corrected chi connectivity index (χ1v) is 14.1. The zero-order valence-electron chi connectivity index (χ0n) is 24.5. The Balaban J connectivity index is 1.80. The van der Waals surface area contributed by atoms with Gasteiger partial charge in [-0.3, -0.25) is 9.59 Å². The van der Waals surface area contributed by atoms with Crippen molar-refractivity contribution in [2.75, 3.05) is 19.6 Å². The molecule has 7 nitrogen and oxygen atoms in total. The lowest BCUT2D eigenvalue weighted by Crippen LogP contribution is -2.48. The van der Waals surface area contributed by atoms with Crippen molar-refractivity contribution in [2.45, 2.75) is 72.6 Å². The van der Waals surface area contributed by atoms with Crippen LogP contribution in [0.15, 0.2) is 46.9 Å². The van der Waals surface area contributed by atoms with Gasteiger partial charge in [0.05, 0.1) is 18.7 Å². The predicted octanol–water partition coefficient (Wildman–Crippen LogP) is 5.24. The van der Waals surface area contributed by atoms with Crippen LogP contribution >= 0.6 is 0 Å². The van der Waals surface area contributed by atoms with Gasteiger partial charge in [0, 0.05) is 36.8 Å². The Morgan fingerprint density at radius 2 is 1.56 bits per heavy atom. The molecule has 0 bridgehead atoms. The van der Waals surface area contributed by atoms with Gasteiger partial charge < -0.3 is 25.1 Å². The molecule has 0 saturated heterocycles. The van der Waals surface area contributed by atoms with E-state index in [-0.39, 0.29) is 24.4 Å². The molecule has 0 unspecified atom stereocenters. The molecule has 0 aliphatic heterocycles. The number of benzene rings is 2. The van der Waals surface area contributed by atoms with Crippen molar-refractivity contribution < 1.29 is 27.9 Å². The average Bonchev–Trinajstić information content (AvgIpc) is 3.23. The van der Waals surface area contributed by atoms with Gasteiger partial charge in [-0.25, -0.2) is 8.78 Å². The standard InChI is InChI=1S/C32H41F2N3O4/c1-6-8-37(9-7-2)32(40)25-11-20(3)10-24(16-25)31(39)36-29(15-23-13-26(33)17-27(34)14-23)30(38)19-35-18-28-12-21(4)22(5)41-28/h10-14,16-17,29-30,35,38H,6-9,15,18-19H2,1-5H3,(H,36,39)/t29-,30+/m0/s1. The van der Waals surface area contributed by atoms with Gasteiger partial charge >= 0.3 is 0 Å². The lowest BCUT2D eigenvalue weighted by molar-refractivity contribution is 0.0755. The molecule has 1 heterocycles. The third kappa shape index (κ3) is 9.23. The Morgan fingerprint density at radius 3 is 2.15 bits per heavy atom. The van der Waals surface area contributed by atoms with Gasteiger partial charge in [0.2, 0.25) is 0 Å². The maximum Gasteiger partial charge on any atom is 0.253 e. The summed E-state index contributed by atoms with van der Waals surface area (Å²) in [6.45, 7) is 11.3. The van der Waals surface area contributed by atoms with E-state index in [2.05, 4.69) is 10.6 Å². The van der Waals surface area contributed by atoms with E-state index in [9.17, 15) is 23.5 Å². The van der Waals surface area contributed by atoms with Crippen LogP contribution in [-0.4, -0.2) is 53.6 Å². The normalized spacial score (nSPS) is 12.7. The number of furan rings is 1. The molecular formula is C32H41F2N3O4. The molecule has 2 atom stereocenters. The highest BCUT2D eigenvalue weighted by Crippen LogP contribution is 2.17. The molecule has 0 spiro atoms. The van der Waals surface area contributed by atoms with Crippen LogP contribution in [0.4, 0.5) is 8.78 Å². The number of rotatable bonds is 14. The highest BCUT2D eigenvalue weighted by atomic mass is 19.1. The Labute approximate surface area is 240 Å². The highest BCUT2D eigenvalue weighted by Gasteiger charge is 2.24. The number of aliphatic hydroxyl groups excluding tert-OH is 1. The first-order chi connectivity index (χ1) is 19.5. The van der Waals surface area contributed by atoms with E-state index >= 15 is 0 Å². The molecule has 0 aliphatic carbocycles. The van der Waals surface area contributed by atoms with Crippen molar-refractivity contribution in [3.8, 4) is 0 Å². The van der Waals surface area contributed by atoms with E-state index in [0.29, 0.717) is 36.5 Å². The van der Waals surface area contributed by atoms with Gasteiger partial charge in [0.15, 0.2) is 0 Å². The molecular weight excluding hydrogens is 528 g/mol. The molecule has 0 radical (unpaired) electrons. The van der Waals surface area contributed by atoms with Crippen LogP contribution in [0, 0.1) is 32.4 Å². The SMILES string of the molecule is CCCN(CCC)C(=O)c1cc(C)cc(C(=O)N[C@@H](Cc2cc(F)cc(F)c2)[C@H](O)CNCc2cc(C)c(C)o2)c1. The number of carbonyl (C=O) groups excluding carboxylic acids is 2. The Bertz CT molecular complexity index is 1290. The topological polar surface area (TPSA) is 94.8 Å². The van der Waals surface area contributed by atoms with Crippen LogP contribution in [0.2, 0.25) is 0 Å². The molecule has 3 N–H and O–H groups in total. The third-order valence-corrected chi connectivity index (χ3v) is 6.89. The van der Waals surface area contributed by atoms with Crippen molar-refractivity contribution in [1.29, 1.82) is 0 Å². The van der Waals surface area contributed by atoms with E-state index in [1.54, 1.807) is 30.0 Å². The van der Waals surface area contributed by atoms with E-state index in [4.69, 9.17) is 4.42 Å². The van der Waals surface area contributed by atoms with E-state index < -0.39 is 29.7 Å². The molecule has 0 saturated carbocycles. The molecule has 0 aliphatic rings.